The van der Waals surface area contributed by atoms with E-state index in [1.807, 2.05) is 6.07 Å². The Hall–Kier alpha value is -2.06. The SMILES string of the molecule is N#CCc1cc(-c2ccccc2C(F)(F)F)ncc1Cl. The Morgan fingerprint density at radius 2 is 1.95 bits per heavy atom. The fraction of sp³-hybridized carbons (Fsp3) is 0.143. The minimum atomic E-state index is -4.46. The van der Waals surface area contributed by atoms with Gasteiger partial charge in [0.2, 0.25) is 0 Å². The maximum atomic E-state index is 13.0. The van der Waals surface area contributed by atoms with Crippen LogP contribution in [0.15, 0.2) is 36.5 Å². The number of hydrogen-bond donors (Lipinski definition) is 0. The summed E-state index contributed by atoms with van der Waals surface area (Å²) in [5.41, 5.74) is -0.197. The van der Waals surface area contributed by atoms with E-state index in [4.69, 9.17) is 16.9 Å². The molecule has 1 aromatic carbocycles. The zero-order valence-corrected chi connectivity index (χ0v) is 10.8. The van der Waals surface area contributed by atoms with Crippen molar-refractivity contribution in [2.75, 3.05) is 0 Å². The summed E-state index contributed by atoms with van der Waals surface area (Å²) in [7, 11) is 0. The lowest BCUT2D eigenvalue weighted by Crippen LogP contribution is -2.07. The van der Waals surface area contributed by atoms with Crippen LogP contribution in [-0.2, 0) is 12.6 Å². The third-order valence-electron chi connectivity index (χ3n) is 2.71. The molecule has 0 unspecified atom stereocenters. The zero-order valence-electron chi connectivity index (χ0n) is 10.1. The molecule has 0 aliphatic rings. The van der Waals surface area contributed by atoms with Crippen molar-refractivity contribution in [3.8, 4) is 17.3 Å². The number of hydrogen-bond acceptors (Lipinski definition) is 2. The molecule has 0 aliphatic carbocycles. The summed E-state index contributed by atoms with van der Waals surface area (Å²) in [6.45, 7) is 0. The van der Waals surface area contributed by atoms with Crippen LogP contribution in [0, 0.1) is 11.3 Å². The molecule has 20 heavy (non-hydrogen) atoms. The molecule has 1 heterocycles. The Morgan fingerprint density at radius 1 is 1.25 bits per heavy atom. The van der Waals surface area contributed by atoms with Gasteiger partial charge in [-0.15, -0.1) is 0 Å². The number of pyridine rings is 1. The van der Waals surface area contributed by atoms with Crippen molar-refractivity contribution in [2.24, 2.45) is 0 Å². The molecule has 0 N–H and O–H groups in total. The number of benzene rings is 1. The molecule has 0 saturated heterocycles. The summed E-state index contributed by atoms with van der Waals surface area (Å²) in [4.78, 5) is 3.92. The van der Waals surface area contributed by atoms with Crippen LogP contribution in [0.1, 0.15) is 11.1 Å². The predicted octanol–water partition coefficient (Wildman–Crippen LogP) is 4.49. The Labute approximate surface area is 118 Å². The lowest BCUT2D eigenvalue weighted by atomic mass is 10.0. The summed E-state index contributed by atoms with van der Waals surface area (Å²) in [5, 5.41) is 8.94. The van der Waals surface area contributed by atoms with Crippen molar-refractivity contribution in [2.45, 2.75) is 12.6 Å². The van der Waals surface area contributed by atoms with Crippen LogP contribution >= 0.6 is 11.6 Å². The summed E-state index contributed by atoms with van der Waals surface area (Å²) in [6.07, 6.45) is -3.19. The van der Waals surface area contributed by atoms with Gasteiger partial charge in [-0.2, -0.15) is 18.4 Å². The van der Waals surface area contributed by atoms with Gasteiger partial charge in [0.1, 0.15) is 0 Å². The number of halogens is 4. The third kappa shape index (κ3) is 2.91. The Bertz CT molecular complexity index is 675. The largest absolute Gasteiger partial charge is 0.417 e. The quantitative estimate of drug-likeness (QED) is 0.819. The molecule has 2 rings (SSSR count). The van der Waals surface area contributed by atoms with Crippen molar-refractivity contribution in [1.29, 1.82) is 5.26 Å². The molecule has 2 nitrogen and oxygen atoms in total. The van der Waals surface area contributed by atoms with Gasteiger partial charge in [0.15, 0.2) is 0 Å². The summed E-state index contributed by atoms with van der Waals surface area (Å²) >= 11 is 5.86. The average Bonchev–Trinajstić information content (AvgIpc) is 2.41. The highest BCUT2D eigenvalue weighted by atomic mass is 35.5. The van der Waals surface area contributed by atoms with Crippen molar-refractivity contribution in [1.82, 2.24) is 4.98 Å². The highest BCUT2D eigenvalue weighted by Crippen LogP contribution is 2.36. The first-order chi connectivity index (χ1) is 9.43. The number of nitrogens with zero attached hydrogens (tertiary/aromatic N) is 2. The molecule has 102 valence electrons. The minimum absolute atomic E-state index is 0.0164. The van der Waals surface area contributed by atoms with Crippen molar-refractivity contribution in [3.05, 3.63) is 52.7 Å². The lowest BCUT2D eigenvalue weighted by molar-refractivity contribution is -0.137. The summed E-state index contributed by atoms with van der Waals surface area (Å²) in [6, 6.07) is 8.49. The van der Waals surface area contributed by atoms with Crippen LogP contribution in [0.4, 0.5) is 13.2 Å². The van der Waals surface area contributed by atoms with Crippen LogP contribution in [0.3, 0.4) is 0 Å². The monoisotopic (exact) mass is 296 g/mol. The van der Waals surface area contributed by atoms with Gasteiger partial charge in [-0.25, -0.2) is 0 Å². The van der Waals surface area contributed by atoms with Crippen LogP contribution in [0.2, 0.25) is 5.02 Å². The molecule has 0 amide bonds. The summed E-state index contributed by atoms with van der Waals surface area (Å²) in [5.74, 6) is 0. The molecule has 0 aliphatic heterocycles. The maximum Gasteiger partial charge on any atom is 0.417 e. The predicted molar refractivity (Wildman–Crippen MR) is 69.0 cm³/mol. The Morgan fingerprint density at radius 3 is 2.60 bits per heavy atom. The van der Waals surface area contributed by atoms with Crippen molar-refractivity contribution >= 4 is 11.6 Å². The first-order valence-corrected chi connectivity index (χ1v) is 5.99. The highest BCUT2D eigenvalue weighted by Gasteiger charge is 2.33. The molecule has 1 aromatic heterocycles. The number of nitriles is 1. The molecule has 0 fully saturated rings. The maximum absolute atomic E-state index is 13.0. The second-order valence-electron chi connectivity index (χ2n) is 4.04. The zero-order chi connectivity index (χ0) is 14.8. The van der Waals surface area contributed by atoms with Crippen LogP contribution in [-0.4, -0.2) is 4.98 Å². The van der Waals surface area contributed by atoms with Gasteiger partial charge >= 0.3 is 6.18 Å². The molecule has 0 saturated carbocycles. The van der Waals surface area contributed by atoms with Gasteiger partial charge in [0.25, 0.3) is 0 Å². The number of aromatic nitrogens is 1. The van der Waals surface area contributed by atoms with E-state index in [9.17, 15) is 13.2 Å². The fourth-order valence-electron chi connectivity index (χ4n) is 1.80. The van der Waals surface area contributed by atoms with Gasteiger partial charge in [-0.1, -0.05) is 29.8 Å². The minimum Gasteiger partial charge on any atom is -0.255 e. The number of rotatable bonds is 2. The first kappa shape index (κ1) is 14.4. The lowest BCUT2D eigenvalue weighted by Gasteiger charge is -2.12. The second kappa shape index (κ2) is 5.51. The smallest absolute Gasteiger partial charge is 0.255 e. The van der Waals surface area contributed by atoms with Gasteiger partial charge in [-0.3, -0.25) is 4.98 Å². The van der Waals surface area contributed by atoms with E-state index >= 15 is 0 Å². The second-order valence-corrected chi connectivity index (χ2v) is 4.45. The average molecular weight is 297 g/mol. The summed E-state index contributed by atoms with van der Waals surface area (Å²) < 4.78 is 38.9. The number of alkyl halides is 3. The highest BCUT2D eigenvalue weighted by molar-refractivity contribution is 6.31. The molecule has 6 heteroatoms. The van der Waals surface area contributed by atoms with Gasteiger partial charge in [0, 0.05) is 11.8 Å². The third-order valence-corrected chi connectivity index (χ3v) is 3.05. The molecule has 0 bridgehead atoms. The molecule has 0 atom stereocenters. The Kier molecular flexibility index (Phi) is 3.96. The van der Waals surface area contributed by atoms with E-state index in [0.717, 1.165) is 6.07 Å². The first-order valence-electron chi connectivity index (χ1n) is 5.61. The van der Waals surface area contributed by atoms with E-state index in [-0.39, 0.29) is 22.7 Å². The van der Waals surface area contributed by atoms with Gasteiger partial charge in [-0.05, 0) is 17.7 Å². The van der Waals surface area contributed by atoms with E-state index in [1.165, 1.54) is 30.5 Å². The van der Waals surface area contributed by atoms with E-state index in [2.05, 4.69) is 4.98 Å². The molecule has 0 spiro atoms. The van der Waals surface area contributed by atoms with Crippen molar-refractivity contribution < 1.29 is 13.2 Å². The van der Waals surface area contributed by atoms with Crippen LogP contribution in [0.25, 0.3) is 11.3 Å². The van der Waals surface area contributed by atoms with E-state index in [0.29, 0.717) is 5.56 Å². The van der Waals surface area contributed by atoms with Crippen LogP contribution < -0.4 is 0 Å². The van der Waals surface area contributed by atoms with E-state index in [1.54, 1.807) is 0 Å². The van der Waals surface area contributed by atoms with Crippen LogP contribution in [0.5, 0.6) is 0 Å². The van der Waals surface area contributed by atoms with E-state index < -0.39 is 11.7 Å². The normalized spacial score (nSPS) is 11.2. The molecular formula is C14H8ClF3N2. The molecule has 0 radical (unpaired) electrons. The molecule has 2 aromatic rings. The standard InChI is InChI=1S/C14H8ClF3N2/c15-12-8-20-13(7-9(12)5-6-19)10-3-1-2-4-11(10)14(16,17)18/h1-4,7-8H,5H2. The van der Waals surface area contributed by atoms with Crippen molar-refractivity contribution in [3.63, 3.8) is 0 Å². The molecular weight excluding hydrogens is 289 g/mol. The topological polar surface area (TPSA) is 36.7 Å². The fourth-order valence-corrected chi connectivity index (χ4v) is 1.97. The van der Waals surface area contributed by atoms with Gasteiger partial charge in [0.05, 0.1) is 28.8 Å². The Balaban J connectivity index is 2.58. The van der Waals surface area contributed by atoms with Gasteiger partial charge < -0.3 is 0 Å².